The first-order valence-corrected chi connectivity index (χ1v) is 22.3. The van der Waals surface area contributed by atoms with Crippen LogP contribution in [0.5, 0.6) is 0 Å². The molecule has 0 nitrogen and oxygen atoms in total. The molecule has 1 radical (unpaired) electrons. The molecular formula is C23H27SiZr. The van der Waals surface area contributed by atoms with Crippen molar-refractivity contribution in [2.45, 2.75) is 31.6 Å². The normalized spacial score (nSPS) is 23.6. The van der Waals surface area contributed by atoms with Crippen LogP contribution in [0.1, 0.15) is 49.8 Å². The Balaban J connectivity index is 1.87. The maximum absolute atomic E-state index is 4.31. The van der Waals surface area contributed by atoms with Crippen LogP contribution in [0, 0.1) is 6.92 Å². The summed E-state index contributed by atoms with van der Waals surface area (Å²) in [5.74, 6) is 0. The Kier molecular flexibility index (Phi) is 4.63. The van der Waals surface area contributed by atoms with Gasteiger partial charge in [0.25, 0.3) is 0 Å². The van der Waals surface area contributed by atoms with E-state index in [0.29, 0.717) is 0 Å². The van der Waals surface area contributed by atoms with Gasteiger partial charge in [0.05, 0.1) is 0 Å². The van der Waals surface area contributed by atoms with E-state index in [1.807, 2.05) is 0 Å². The molecule has 25 heavy (non-hydrogen) atoms. The van der Waals surface area contributed by atoms with E-state index in [4.69, 9.17) is 0 Å². The van der Waals surface area contributed by atoms with Crippen molar-refractivity contribution in [2.24, 2.45) is 0 Å². The summed E-state index contributed by atoms with van der Waals surface area (Å²) >= 11 is -2.52. The van der Waals surface area contributed by atoms with Gasteiger partial charge in [-0.2, -0.15) is 0 Å². The molecule has 2 aromatic rings. The summed E-state index contributed by atoms with van der Waals surface area (Å²) in [6, 6.07) is 18.3. The van der Waals surface area contributed by atoms with Crippen molar-refractivity contribution in [3.8, 4) is 0 Å². The molecule has 2 aliphatic rings. The fourth-order valence-corrected chi connectivity index (χ4v) is 31.1. The van der Waals surface area contributed by atoms with Crippen molar-refractivity contribution >= 4 is 19.5 Å². The van der Waals surface area contributed by atoms with Crippen LogP contribution in [0.15, 0.2) is 59.7 Å². The van der Waals surface area contributed by atoms with E-state index < -0.39 is 19.4 Å². The molecule has 0 heterocycles. The van der Waals surface area contributed by atoms with Gasteiger partial charge in [-0.1, -0.05) is 0 Å². The molecule has 2 aliphatic carbocycles. The average Bonchev–Trinajstić information content (AvgIpc) is 3.10. The Morgan fingerprint density at radius 3 is 1.72 bits per heavy atom. The van der Waals surface area contributed by atoms with E-state index in [0.717, 1.165) is 13.7 Å². The molecule has 2 heteroatoms. The van der Waals surface area contributed by atoms with Gasteiger partial charge in [0.2, 0.25) is 0 Å². The number of benzene rings is 2. The van der Waals surface area contributed by atoms with Crippen molar-refractivity contribution in [1.82, 2.24) is 0 Å². The van der Waals surface area contributed by atoms with Gasteiger partial charge in [0, 0.05) is 0 Å². The van der Waals surface area contributed by atoms with Crippen molar-refractivity contribution < 1.29 is 19.4 Å². The molecule has 0 amide bonds. The van der Waals surface area contributed by atoms with Gasteiger partial charge >= 0.3 is 159 Å². The van der Waals surface area contributed by atoms with Crippen molar-refractivity contribution in [2.75, 3.05) is 0 Å². The first-order chi connectivity index (χ1) is 12.1. The first kappa shape index (κ1) is 17.4. The Labute approximate surface area is 158 Å². The molecule has 4 rings (SSSR count). The van der Waals surface area contributed by atoms with Crippen molar-refractivity contribution in [3.63, 3.8) is 0 Å². The summed E-state index contributed by atoms with van der Waals surface area (Å²) in [5, 5.41) is 0. The Hall–Kier alpha value is -0.980. The zero-order valence-electron chi connectivity index (χ0n) is 15.5. The monoisotopic (exact) mass is 421 g/mol. The molecule has 0 fully saturated rings. The van der Waals surface area contributed by atoms with Crippen LogP contribution in [0.3, 0.4) is 0 Å². The van der Waals surface area contributed by atoms with Crippen LogP contribution < -0.4 is 0 Å². The second kappa shape index (κ2) is 6.63. The Bertz CT molecular complexity index is 810. The number of fused-ring (bicyclic) bond motifs is 2. The van der Waals surface area contributed by atoms with Gasteiger partial charge in [0.15, 0.2) is 0 Å². The van der Waals surface area contributed by atoms with Crippen LogP contribution in [-0.2, 0) is 19.4 Å². The molecule has 0 spiro atoms. The van der Waals surface area contributed by atoms with E-state index in [-0.39, 0.29) is 0 Å². The van der Waals surface area contributed by atoms with E-state index in [2.05, 4.69) is 81.5 Å². The molecule has 2 unspecified atom stereocenters. The third kappa shape index (κ3) is 2.73. The van der Waals surface area contributed by atoms with Gasteiger partial charge in [-0.05, 0) is 0 Å². The minimum absolute atomic E-state index is 0.735. The zero-order valence-corrected chi connectivity index (χ0v) is 20.0. The third-order valence-electron chi connectivity index (χ3n) is 6.33. The van der Waals surface area contributed by atoms with Gasteiger partial charge in [-0.15, -0.1) is 0 Å². The number of rotatable bonds is 4. The predicted octanol–water partition coefficient (Wildman–Crippen LogP) is 5.38. The molecule has 0 saturated carbocycles. The first-order valence-electron chi connectivity index (χ1n) is 9.40. The van der Waals surface area contributed by atoms with Gasteiger partial charge in [-0.3, -0.25) is 0 Å². The second-order valence-electron chi connectivity index (χ2n) is 8.01. The van der Waals surface area contributed by atoms with Crippen LogP contribution in [0.4, 0.5) is 0 Å². The molecule has 0 aliphatic heterocycles. The fourth-order valence-electron chi connectivity index (χ4n) is 5.55. The fraction of sp³-hybridized carbons (Fsp3) is 0.261. The number of hydrogen-bond acceptors (Lipinski definition) is 0. The minimum atomic E-state index is -2.52. The summed E-state index contributed by atoms with van der Waals surface area (Å²) < 4.78 is 2.87. The predicted molar refractivity (Wildman–Crippen MR) is 110 cm³/mol. The number of allylic oxidation sites excluding steroid dienone is 2. The van der Waals surface area contributed by atoms with Crippen LogP contribution in [0.25, 0.3) is 12.2 Å². The summed E-state index contributed by atoms with van der Waals surface area (Å²) in [5.41, 5.74) is 9.43. The topological polar surface area (TPSA) is 0 Å². The standard InChI is InChI=1S/2C10H9.C3H6.H3Si.Zr/c2*1-8-6-9-4-2-3-5-10(9)7-8;1-3-2;;/h2*2-7H,1H3;1-3H2;1H3;. The van der Waals surface area contributed by atoms with Crippen molar-refractivity contribution in [3.05, 3.63) is 88.9 Å². The van der Waals surface area contributed by atoms with Crippen LogP contribution in [-0.4, -0.2) is 7.37 Å². The molecule has 0 saturated heterocycles. The van der Waals surface area contributed by atoms with Crippen LogP contribution in [0.2, 0.25) is 4.13 Å². The summed E-state index contributed by atoms with van der Waals surface area (Å²) in [7, 11) is 1.36. The van der Waals surface area contributed by atoms with Gasteiger partial charge in [-0.25, -0.2) is 0 Å². The molecule has 0 aromatic heterocycles. The van der Waals surface area contributed by atoms with E-state index >= 15 is 0 Å². The Morgan fingerprint density at radius 1 is 0.840 bits per heavy atom. The van der Waals surface area contributed by atoms with Crippen molar-refractivity contribution in [1.29, 1.82) is 0 Å². The molecule has 2 aromatic carbocycles. The molecule has 2 atom stereocenters. The average molecular weight is 423 g/mol. The Morgan fingerprint density at radius 2 is 1.28 bits per heavy atom. The summed E-state index contributed by atoms with van der Waals surface area (Å²) in [6.07, 6.45) is 6.02. The maximum atomic E-state index is 4.31. The molecule has 127 valence electrons. The third-order valence-corrected chi connectivity index (χ3v) is 29.9. The quantitative estimate of drug-likeness (QED) is 0.580. The molecular weight excluding hydrogens is 396 g/mol. The van der Waals surface area contributed by atoms with Gasteiger partial charge < -0.3 is 0 Å². The van der Waals surface area contributed by atoms with Gasteiger partial charge in [0.1, 0.15) is 0 Å². The summed E-state index contributed by atoms with van der Waals surface area (Å²) in [6.45, 7) is 9.08. The summed E-state index contributed by atoms with van der Waals surface area (Å²) in [4.78, 5) is 0. The molecule has 0 bridgehead atoms. The molecule has 0 N–H and O–H groups in total. The SMILES string of the molecule is [CH2]C[CH2][Zr]([SiH3])([CH]1C(C)=Cc2ccccc21)[CH]1C(C)=Cc2ccccc21. The van der Waals surface area contributed by atoms with E-state index in [1.165, 1.54) is 22.6 Å². The van der Waals surface area contributed by atoms with E-state index in [9.17, 15) is 0 Å². The van der Waals surface area contributed by atoms with E-state index in [1.54, 1.807) is 22.3 Å². The number of hydrogen-bond donors (Lipinski definition) is 0. The van der Waals surface area contributed by atoms with Crippen LogP contribution >= 0.6 is 0 Å². The second-order valence-corrected chi connectivity index (χ2v) is 30.5. The zero-order chi connectivity index (χ0) is 17.6.